The van der Waals surface area contributed by atoms with Crippen LogP contribution < -0.4 is 5.17 Å². The van der Waals surface area contributed by atoms with Gasteiger partial charge in [0.05, 0.1) is 11.1 Å². The highest BCUT2D eigenvalue weighted by atomic mass is 19.4. The Morgan fingerprint density at radius 2 is 1.44 bits per heavy atom. The van der Waals surface area contributed by atoms with Gasteiger partial charge in [0.25, 0.3) is 0 Å². The van der Waals surface area contributed by atoms with E-state index in [2.05, 4.69) is 4.98 Å². The van der Waals surface area contributed by atoms with Crippen LogP contribution in [0.4, 0.5) is 28.6 Å². The molecule has 0 saturated heterocycles. The van der Waals surface area contributed by atoms with Crippen LogP contribution in [-0.2, 0) is 20.6 Å². The molecule has 2 rings (SSSR count). The highest BCUT2D eigenvalue weighted by Crippen LogP contribution is 2.31. The first-order valence-electron chi connectivity index (χ1n) is 10.0. The van der Waals surface area contributed by atoms with Gasteiger partial charge < -0.3 is 14.7 Å². The molecule has 2 aromatic rings. The molecular formula is C22H26F3N3O6. The Bertz CT molecular complexity index is 997. The molecule has 9 nitrogen and oxygen atoms in total. The van der Waals surface area contributed by atoms with Crippen molar-refractivity contribution >= 4 is 18.1 Å². The maximum atomic E-state index is 12.8. The van der Waals surface area contributed by atoms with Crippen molar-refractivity contribution in [3.63, 3.8) is 0 Å². The third kappa shape index (κ3) is 7.51. The number of benzene rings is 1. The van der Waals surface area contributed by atoms with Crippen molar-refractivity contribution in [3.8, 4) is 11.1 Å². The molecule has 0 aliphatic heterocycles. The molecule has 12 heteroatoms. The Morgan fingerprint density at radius 3 is 1.85 bits per heavy atom. The molecule has 0 amide bonds. The molecule has 0 bridgehead atoms. The molecule has 0 atom stereocenters. The van der Waals surface area contributed by atoms with Gasteiger partial charge in [0.1, 0.15) is 5.60 Å². The summed E-state index contributed by atoms with van der Waals surface area (Å²) in [5.41, 5.74) is -1.79. The van der Waals surface area contributed by atoms with E-state index in [0.29, 0.717) is 11.1 Å². The standard InChI is InChI=1S/C22H26F3N3O6/c1-20(2,3)28(33-18(29)30)27(34-19(31)32-21(4,5)6)17-12-9-15(13-26-17)14-7-10-16(11-8-14)22(23,24)25/h7-13H,1-6H3,(H,29,30). The first-order chi connectivity index (χ1) is 15.5. The van der Waals surface area contributed by atoms with Crippen LogP contribution in [0.3, 0.4) is 0 Å². The Kier molecular flexibility index (Phi) is 7.66. The third-order valence-electron chi connectivity index (χ3n) is 3.94. The van der Waals surface area contributed by atoms with Crippen LogP contribution in [-0.4, -0.2) is 38.7 Å². The van der Waals surface area contributed by atoms with Gasteiger partial charge in [-0.2, -0.15) is 13.2 Å². The number of hydrogen-bond donors (Lipinski definition) is 1. The van der Waals surface area contributed by atoms with Crippen LogP contribution in [0.2, 0.25) is 0 Å². The minimum Gasteiger partial charge on any atom is -0.448 e. The van der Waals surface area contributed by atoms with Crippen LogP contribution in [0.5, 0.6) is 0 Å². The summed E-state index contributed by atoms with van der Waals surface area (Å²) in [5.74, 6) is -0.0577. The summed E-state index contributed by atoms with van der Waals surface area (Å²) in [4.78, 5) is 37.8. The normalized spacial score (nSPS) is 12.3. The Hall–Kier alpha value is -3.54. The molecule has 0 aliphatic rings. The first kappa shape index (κ1) is 26.7. The van der Waals surface area contributed by atoms with Crippen LogP contribution in [0.1, 0.15) is 47.1 Å². The van der Waals surface area contributed by atoms with E-state index >= 15 is 0 Å². The van der Waals surface area contributed by atoms with Gasteiger partial charge in [-0.25, -0.2) is 14.6 Å². The van der Waals surface area contributed by atoms with E-state index in [0.717, 1.165) is 22.5 Å². The Labute approximate surface area is 194 Å². The second-order valence-corrected chi connectivity index (χ2v) is 9.11. The molecule has 0 unspecified atom stereocenters. The van der Waals surface area contributed by atoms with Crippen molar-refractivity contribution in [2.75, 3.05) is 5.17 Å². The van der Waals surface area contributed by atoms with Crippen LogP contribution in [0.25, 0.3) is 11.1 Å². The third-order valence-corrected chi connectivity index (χ3v) is 3.94. The van der Waals surface area contributed by atoms with Gasteiger partial charge in [0.15, 0.2) is 5.82 Å². The number of aromatic nitrogens is 1. The lowest BCUT2D eigenvalue weighted by Gasteiger charge is -2.38. The lowest BCUT2D eigenvalue weighted by Crippen LogP contribution is -2.55. The van der Waals surface area contributed by atoms with Crippen LogP contribution in [0.15, 0.2) is 42.6 Å². The van der Waals surface area contributed by atoms with E-state index in [1.54, 1.807) is 41.5 Å². The van der Waals surface area contributed by atoms with Crippen molar-refractivity contribution in [2.24, 2.45) is 0 Å². The average molecular weight is 485 g/mol. The van der Waals surface area contributed by atoms with Gasteiger partial charge in [-0.3, -0.25) is 4.84 Å². The lowest BCUT2D eigenvalue weighted by molar-refractivity contribution is -0.229. The lowest BCUT2D eigenvalue weighted by atomic mass is 10.1. The predicted octanol–water partition coefficient (Wildman–Crippen LogP) is 6.07. The minimum atomic E-state index is -4.46. The number of carboxylic acid groups (broad SMARTS) is 1. The van der Waals surface area contributed by atoms with Gasteiger partial charge in [0.2, 0.25) is 0 Å². The minimum absolute atomic E-state index is 0.0577. The van der Waals surface area contributed by atoms with Gasteiger partial charge >= 0.3 is 18.5 Å². The zero-order valence-corrected chi connectivity index (χ0v) is 19.5. The summed E-state index contributed by atoms with van der Waals surface area (Å²) in [6.07, 6.45) is -5.95. The van der Waals surface area contributed by atoms with E-state index in [9.17, 15) is 27.9 Å². The summed E-state index contributed by atoms with van der Waals surface area (Å²) >= 11 is 0. The van der Waals surface area contributed by atoms with E-state index in [1.165, 1.54) is 30.5 Å². The Balaban J connectivity index is 2.41. The van der Waals surface area contributed by atoms with E-state index in [4.69, 9.17) is 14.4 Å². The largest absolute Gasteiger partial charge is 0.535 e. The number of pyridine rings is 1. The molecule has 1 aromatic heterocycles. The fraction of sp³-hybridized carbons (Fsp3) is 0.409. The van der Waals surface area contributed by atoms with Crippen LogP contribution in [0, 0.1) is 0 Å². The van der Waals surface area contributed by atoms with E-state index in [-0.39, 0.29) is 5.82 Å². The van der Waals surface area contributed by atoms with Gasteiger partial charge in [-0.15, -0.1) is 0 Å². The van der Waals surface area contributed by atoms with E-state index in [1.807, 2.05) is 0 Å². The van der Waals surface area contributed by atoms with Gasteiger partial charge in [0, 0.05) is 11.8 Å². The van der Waals surface area contributed by atoms with Crippen molar-refractivity contribution in [3.05, 3.63) is 48.2 Å². The molecule has 0 aliphatic carbocycles. The zero-order chi connectivity index (χ0) is 25.9. The molecule has 1 N–H and O–H groups in total. The summed E-state index contributed by atoms with van der Waals surface area (Å²) in [5, 5.41) is 10.7. The second kappa shape index (κ2) is 9.75. The summed E-state index contributed by atoms with van der Waals surface area (Å²) < 4.78 is 43.6. The summed E-state index contributed by atoms with van der Waals surface area (Å²) in [6, 6.07) is 7.37. The maximum absolute atomic E-state index is 12.8. The topological polar surface area (TPSA) is 101 Å². The SMILES string of the molecule is CC(C)(C)OC(=O)ON(c1ccc(-c2ccc(C(F)(F)F)cc2)cn1)N(OC(=O)O)C(C)(C)C. The van der Waals surface area contributed by atoms with Crippen LogP contribution >= 0.6 is 0 Å². The van der Waals surface area contributed by atoms with Gasteiger partial charge in [-0.1, -0.05) is 17.3 Å². The molecular weight excluding hydrogens is 459 g/mol. The average Bonchev–Trinajstić information content (AvgIpc) is 2.68. The molecule has 186 valence electrons. The molecule has 0 spiro atoms. The number of rotatable bonds is 5. The monoisotopic (exact) mass is 485 g/mol. The summed E-state index contributed by atoms with van der Waals surface area (Å²) in [7, 11) is 0. The number of hydrogen-bond acceptors (Lipinski definition) is 8. The quantitative estimate of drug-likeness (QED) is 0.400. The number of carbonyl (C=O) groups is 2. The number of alkyl halides is 3. The highest BCUT2D eigenvalue weighted by Gasteiger charge is 2.37. The zero-order valence-electron chi connectivity index (χ0n) is 19.5. The van der Waals surface area contributed by atoms with Gasteiger partial charge in [-0.05, 0) is 76.5 Å². The highest BCUT2D eigenvalue weighted by molar-refractivity contribution is 5.65. The molecule has 34 heavy (non-hydrogen) atoms. The van der Waals surface area contributed by atoms with Crippen molar-refractivity contribution in [1.29, 1.82) is 0 Å². The molecule has 1 heterocycles. The van der Waals surface area contributed by atoms with Crippen molar-refractivity contribution in [2.45, 2.75) is 58.9 Å². The fourth-order valence-corrected chi connectivity index (χ4v) is 2.56. The number of hydrazine groups is 1. The molecule has 0 fully saturated rings. The first-order valence-corrected chi connectivity index (χ1v) is 10.0. The number of anilines is 1. The smallest absolute Gasteiger partial charge is 0.448 e. The number of nitrogens with zero attached hydrogens (tertiary/aromatic N) is 3. The molecule has 0 radical (unpaired) electrons. The number of ether oxygens (including phenoxy) is 1. The number of carbonyl (C=O) groups excluding carboxylic acids is 1. The maximum Gasteiger partial charge on any atom is 0.535 e. The Morgan fingerprint density at radius 1 is 0.882 bits per heavy atom. The molecule has 0 saturated carbocycles. The van der Waals surface area contributed by atoms with Crippen molar-refractivity contribution < 1.29 is 42.3 Å². The van der Waals surface area contributed by atoms with Crippen molar-refractivity contribution in [1.82, 2.24) is 10.2 Å². The number of hydroxylamine groups is 1. The number of halogens is 3. The second-order valence-electron chi connectivity index (χ2n) is 9.11. The summed E-state index contributed by atoms with van der Waals surface area (Å²) in [6.45, 7) is 9.63. The predicted molar refractivity (Wildman–Crippen MR) is 115 cm³/mol. The van der Waals surface area contributed by atoms with E-state index < -0.39 is 35.2 Å². The molecule has 1 aromatic carbocycles. The fourth-order valence-electron chi connectivity index (χ4n) is 2.56.